The minimum atomic E-state index is -0.441. The normalized spacial score (nSPS) is 9.91. The first kappa shape index (κ1) is 31.4. The van der Waals surface area contributed by atoms with E-state index in [2.05, 4.69) is 31.9 Å². The standard InChI is InChI=1S/C30H30N10O3/c31-19-22-4-1-7-25(16-22)37-28(41)34-10-13-40(14-11-35-29(42)38-26-8-2-5-23(17-26)20-32)15-12-36-30(43)39-27-9-3-6-24(18-27)21-33/h1-9,16-18H,10-15H2,(H2,34,37,41)(H2,35,38,42)(H2,36,39,43). The van der Waals surface area contributed by atoms with Crippen LogP contribution in [0.15, 0.2) is 72.8 Å². The molecule has 0 aliphatic rings. The number of rotatable bonds is 12. The van der Waals surface area contributed by atoms with Crippen molar-refractivity contribution in [1.82, 2.24) is 20.9 Å². The average molecular weight is 579 g/mol. The summed E-state index contributed by atoms with van der Waals surface area (Å²) in [6.07, 6.45) is 0. The number of urea groups is 3. The minimum absolute atomic E-state index is 0.268. The molecule has 3 rings (SSSR count). The average Bonchev–Trinajstić information content (AvgIpc) is 3.01. The summed E-state index contributed by atoms with van der Waals surface area (Å²) in [7, 11) is 0. The highest BCUT2D eigenvalue weighted by Gasteiger charge is 2.10. The second kappa shape index (κ2) is 16.9. The molecule has 0 fully saturated rings. The number of hydrogen-bond donors (Lipinski definition) is 6. The van der Waals surface area contributed by atoms with Crippen molar-refractivity contribution in [1.29, 1.82) is 15.8 Å². The zero-order valence-electron chi connectivity index (χ0n) is 23.2. The summed E-state index contributed by atoms with van der Waals surface area (Å²) >= 11 is 0. The minimum Gasteiger partial charge on any atom is -0.337 e. The Morgan fingerprint density at radius 1 is 0.535 bits per heavy atom. The molecule has 43 heavy (non-hydrogen) atoms. The van der Waals surface area contributed by atoms with Gasteiger partial charge in [-0.2, -0.15) is 15.8 Å². The number of carbonyl (C=O) groups excluding carboxylic acids is 3. The lowest BCUT2D eigenvalue weighted by Crippen LogP contribution is -2.44. The van der Waals surface area contributed by atoms with Crippen LogP contribution in [0.2, 0.25) is 0 Å². The predicted molar refractivity (Wildman–Crippen MR) is 161 cm³/mol. The maximum atomic E-state index is 12.3. The first-order chi connectivity index (χ1) is 20.9. The number of carbonyl (C=O) groups is 3. The van der Waals surface area contributed by atoms with Gasteiger partial charge in [-0.05, 0) is 54.6 Å². The van der Waals surface area contributed by atoms with Crippen LogP contribution < -0.4 is 31.9 Å². The van der Waals surface area contributed by atoms with E-state index in [1.807, 2.05) is 23.1 Å². The summed E-state index contributed by atoms with van der Waals surface area (Å²) < 4.78 is 0. The number of nitriles is 3. The molecule has 0 aliphatic carbocycles. The first-order valence-corrected chi connectivity index (χ1v) is 13.3. The van der Waals surface area contributed by atoms with Gasteiger partial charge in [0.1, 0.15) is 0 Å². The first-order valence-electron chi connectivity index (χ1n) is 13.3. The quantitative estimate of drug-likeness (QED) is 0.189. The lowest BCUT2D eigenvalue weighted by molar-refractivity contribution is 0.238. The van der Waals surface area contributed by atoms with Crippen LogP contribution in [0.1, 0.15) is 16.7 Å². The Bertz CT molecular complexity index is 1370. The summed E-state index contributed by atoms with van der Waals surface area (Å²) in [6.45, 7) is 2.03. The van der Waals surface area contributed by atoms with Gasteiger partial charge < -0.3 is 31.9 Å². The summed E-state index contributed by atoms with van der Waals surface area (Å²) in [5.74, 6) is 0. The van der Waals surface area contributed by atoms with Crippen molar-refractivity contribution in [3.63, 3.8) is 0 Å². The number of hydrogen-bond acceptors (Lipinski definition) is 7. The van der Waals surface area contributed by atoms with E-state index in [0.717, 1.165) is 0 Å². The van der Waals surface area contributed by atoms with E-state index in [4.69, 9.17) is 15.8 Å². The van der Waals surface area contributed by atoms with E-state index in [1.165, 1.54) is 0 Å². The SMILES string of the molecule is N#Cc1cccc(NC(=O)NCCN(CCNC(=O)Nc2cccc(C#N)c2)CCNC(=O)Nc2cccc(C#N)c2)c1. The molecule has 6 amide bonds. The summed E-state index contributed by atoms with van der Waals surface area (Å²) in [4.78, 5) is 39.0. The highest BCUT2D eigenvalue weighted by molar-refractivity contribution is 5.90. The Morgan fingerprint density at radius 2 is 0.837 bits per heavy atom. The number of benzene rings is 3. The fourth-order valence-corrected chi connectivity index (χ4v) is 3.84. The van der Waals surface area contributed by atoms with Crippen molar-refractivity contribution in [2.75, 3.05) is 55.2 Å². The fourth-order valence-electron chi connectivity index (χ4n) is 3.84. The van der Waals surface area contributed by atoms with Crippen molar-refractivity contribution < 1.29 is 14.4 Å². The van der Waals surface area contributed by atoms with Gasteiger partial charge in [-0.15, -0.1) is 0 Å². The number of anilines is 3. The third-order valence-corrected chi connectivity index (χ3v) is 5.89. The third-order valence-electron chi connectivity index (χ3n) is 5.89. The molecule has 13 heteroatoms. The van der Waals surface area contributed by atoms with E-state index in [-0.39, 0.29) is 19.6 Å². The molecule has 0 bridgehead atoms. The summed E-state index contributed by atoms with van der Waals surface area (Å²) in [5.41, 5.74) is 2.73. The molecule has 0 saturated carbocycles. The van der Waals surface area contributed by atoms with Gasteiger partial charge in [0.25, 0.3) is 0 Å². The van der Waals surface area contributed by atoms with Crippen LogP contribution in [0.3, 0.4) is 0 Å². The van der Waals surface area contributed by atoms with Crippen molar-refractivity contribution in [2.45, 2.75) is 0 Å². The highest BCUT2D eigenvalue weighted by atomic mass is 16.2. The molecule has 6 N–H and O–H groups in total. The highest BCUT2D eigenvalue weighted by Crippen LogP contribution is 2.11. The maximum absolute atomic E-state index is 12.3. The van der Waals surface area contributed by atoms with Crippen LogP contribution in [0.25, 0.3) is 0 Å². The zero-order valence-corrected chi connectivity index (χ0v) is 23.2. The van der Waals surface area contributed by atoms with E-state index in [0.29, 0.717) is 53.4 Å². The number of amides is 6. The van der Waals surface area contributed by atoms with Crippen molar-refractivity contribution in [2.24, 2.45) is 0 Å². The van der Waals surface area contributed by atoms with Crippen LogP contribution in [-0.2, 0) is 0 Å². The molecular weight excluding hydrogens is 548 g/mol. The molecule has 0 unspecified atom stereocenters. The van der Waals surface area contributed by atoms with Gasteiger partial charge in [0.15, 0.2) is 0 Å². The molecule has 218 valence electrons. The maximum Gasteiger partial charge on any atom is 0.319 e. The molecule has 0 aromatic heterocycles. The van der Waals surface area contributed by atoms with Crippen molar-refractivity contribution >= 4 is 35.2 Å². The molecule has 13 nitrogen and oxygen atoms in total. The Kier molecular flexibility index (Phi) is 12.3. The van der Waals surface area contributed by atoms with Gasteiger partial charge in [0, 0.05) is 56.3 Å². The van der Waals surface area contributed by atoms with Gasteiger partial charge in [0.05, 0.1) is 34.9 Å². The van der Waals surface area contributed by atoms with E-state index in [9.17, 15) is 14.4 Å². The topological polar surface area (TPSA) is 198 Å². The van der Waals surface area contributed by atoms with E-state index in [1.54, 1.807) is 72.8 Å². The molecule has 0 heterocycles. The fraction of sp³-hybridized carbons (Fsp3) is 0.200. The monoisotopic (exact) mass is 578 g/mol. The molecule has 0 radical (unpaired) electrons. The van der Waals surface area contributed by atoms with Crippen molar-refractivity contribution in [3.8, 4) is 18.2 Å². The molecular formula is C30H30N10O3. The van der Waals surface area contributed by atoms with Gasteiger partial charge in [0.2, 0.25) is 0 Å². The largest absolute Gasteiger partial charge is 0.337 e. The Labute approximate surface area is 249 Å². The van der Waals surface area contributed by atoms with Gasteiger partial charge >= 0.3 is 18.1 Å². The smallest absolute Gasteiger partial charge is 0.319 e. The van der Waals surface area contributed by atoms with Gasteiger partial charge in [-0.1, -0.05) is 18.2 Å². The van der Waals surface area contributed by atoms with Crippen LogP contribution >= 0.6 is 0 Å². The summed E-state index contributed by atoms with van der Waals surface area (Å²) in [5, 5.41) is 43.4. The predicted octanol–water partition coefficient (Wildman–Crippen LogP) is 3.37. The molecule has 3 aromatic carbocycles. The van der Waals surface area contributed by atoms with Crippen LogP contribution in [0.4, 0.5) is 31.4 Å². The molecule has 0 aliphatic heterocycles. The lowest BCUT2D eigenvalue weighted by Gasteiger charge is -2.23. The lowest BCUT2D eigenvalue weighted by atomic mass is 10.2. The molecule has 0 spiro atoms. The Hall–Kier alpha value is -6.10. The molecule has 0 saturated heterocycles. The van der Waals surface area contributed by atoms with Crippen LogP contribution in [-0.4, -0.2) is 62.3 Å². The van der Waals surface area contributed by atoms with Crippen LogP contribution in [0, 0.1) is 34.0 Å². The zero-order chi connectivity index (χ0) is 30.9. The second-order valence-corrected chi connectivity index (χ2v) is 9.06. The number of nitrogens with one attached hydrogen (secondary N) is 6. The van der Waals surface area contributed by atoms with E-state index >= 15 is 0 Å². The second-order valence-electron chi connectivity index (χ2n) is 9.06. The Balaban J connectivity index is 1.48. The Morgan fingerprint density at radius 3 is 1.12 bits per heavy atom. The number of nitrogens with zero attached hydrogens (tertiary/aromatic N) is 4. The van der Waals surface area contributed by atoms with E-state index < -0.39 is 18.1 Å². The van der Waals surface area contributed by atoms with Gasteiger partial charge in [-0.3, -0.25) is 4.90 Å². The van der Waals surface area contributed by atoms with Crippen molar-refractivity contribution in [3.05, 3.63) is 89.5 Å². The van der Waals surface area contributed by atoms with Crippen LogP contribution in [0.5, 0.6) is 0 Å². The van der Waals surface area contributed by atoms with Gasteiger partial charge in [-0.25, -0.2) is 14.4 Å². The summed E-state index contributed by atoms with van der Waals surface area (Å²) in [6, 6.07) is 24.4. The molecule has 3 aromatic rings. The molecule has 0 atom stereocenters. The third kappa shape index (κ3) is 11.5.